The van der Waals surface area contributed by atoms with Gasteiger partial charge in [0.05, 0.1) is 5.54 Å². The molecule has 0 aliphatic heterocycles. The normalized spacial score (nSPS) is 17.6. The van der Waals surface area contributed by atoms with Crippen LogP contribution in [0.5, 0.6) is 0 Å². The number of carbonyl (C=O) groups excluding carboxylic acids is 2. The second kappa shape index (κ2) is 8.48. The van der Waals surface area contributed by atoms with Gasteiger partial charge < -0.3 is 16.0 Å². The van der Waals surface area contributed by atoms with E-state index in [0.717, 1.165) is 19.3 Å². The predicted molar refractivity (Wildman–Crippen MR) is 102 cm³/mol. The van der Waals surface area contributed by atoms with Crippen molar-refractivity contribution in [1.29, 1.82) is 0 Å². The number of amides is 2. The second-order valence-electron chi connectivity index (χ2n) is 7.41. The number of carbonyl (C=O) groups is 2. The summed E-state index contributed by atoms with van der Waals surface area (Å²) in [6.45, 7) is 3.74. The number of hydrogen-bond donors (Lipinski definition) is 2. The predicted octanol–water partition coefficient (Wildman–Crippen LogP) is 3.55. The maximum absolute atomic E-state index is 12.6. The molecule has 1 saturated carbocycles. The van der Waals surface area contributed by atoms with Gasteiger partial charge in [-0.15, -0.1) is 0 Å². The Kier molecular flexibility index (Phi) is 6.59. The van der Waals surface area contributed by atoms with Crippen LogP contribution in [0.4, 0.5) is 5.69 Å². The highest BCUT2D eigenvalue weighted by molar-refractivity contribution is 5.98. The molecular formula is C20H31N3O2. The van der Waals surface area contributed by atoms with E-state index >= 15 is 0 Å². The van der Waals surface area contributed by atoms with Gasteiger partial charge in [-0.1, -0.05) is 32.6 Å². The molecule has 0 radical (unpaired) electrons. The molecule has 1 fully saturated rings. The summed E-state index contributed by atoms with van der Waals surface area (Å²) in [6, 6.07) is 7.41. The van der Waals surface area contributed by atoms with E-state index in [0.29, 0.717) is 23.7 Å². The molecule has 1 aromatic carbocycles. The zero-order valence-electron chi connectivity index (χ0n) is 15.7. The number of anilines is 1. The second-order valence-corrected chi connectivity index (χ2v) is 7.41. The van der Waals surface area contributed by atoms with Crippen molar-refractivity contribution in [3.63, 3.8) is 0 Å². The molecule has 3 N–H and O–H groups in total. The third-order valence-electron chi connectivity index (χ3n) is 5.12. The van der Waals surface area contributed by atoms with Crippen molar-refractivity contribution in [3.8, 4) is 0 Å². The molecule has 1 atom stereocenters. The summed E-state index contributed by atoms with van der Waals surface area (Å²) < 4.78 is 0. The van der Waals surface area contributed by atoms with Crippen molar-refractivity contribution in [3.05, 3.63) is 29.8 Å². The SMILES string of the molecule is CCCC(C)(N)C(=O)Nc1ccc(C(=O)N(C)C2CCCCC2)cc1. The van der Waals surface area contributed by atoms with Crippen LogP contribution in [0.2, 0.25) is 0 Å². The fraction of sp³-hybridized carbons (Fsp3) is 0.600. The van der Waals surface area contributed by atoms with Gasteiger partial charge in [-0.05, 0) is 50.5 Å². The van der Waals surface area contributed by atoms with Crippen LogP contribution in [0.1, 0.15) is 69.2 Å². The van der Waals surface area contributed by atoms with Crippen molar-refractivity contribution in [2.45, 2.75) is 70.4 Å². The smallest absolute Gasteiger partial charge is 0.253 e. The van der Waals surface area contributed by atoms with Crippen LogP contribution in [0, 0.1) is 0 Å². The zero-order chi connectivity index (χ0) is 18.4. The molecule has 2 amide bonds. The van der Waals surface area contributed by atoms with Gasteiger partial charge >= 0.3 is 0 Å². The highest BCUT2D eigenvalue weighted by Gasteiger charge is 2.27. The molecule has 1 aromatic rings. The van der Waals surface area contributed by atoms with E-state index in [-0.39, 0.29) is 11.8 Å². The summed E-state index contributed by atoms with van der Waals surface area (Å²) in [6.07, 6.45) is 7.31. The Labute approximate surface area is 151 Å². The minimum Gasteiger partial charge on any atom is -0.339 e. The van der Waals surface area contributed by atoms with Crippen LogP contribution in [0.25, 0.3) is 0 Å². The van der Waals surface area contributed by atoms with E-state index in [1.165, 1.54) is 19.3 Å². The number of rotatable bonds is 6. The van der Waals surface area contributed by atoms with E-state index in [1.54, 1.807) is 31.2 Å². The lowest BCUT2D eigenvalue weighted by Gasteiger charge is -2.31. The van der Waals surface area contributed by atoms with Gasteiger partial charge in [0.25, 0.3) is 5.91 Å². The molecule has 5 nitrogen and oxygen atoms in total. The summed E-state index contributed by atoms with van der Waals surface area (Å²) in [5.41, 5.74) is 6.47. The average Bonchev–Trinajstić information content (AvgIpc) is 2.62. The lowest BCUT2D eigenvalue weighted by molar-refractivity contribution is -0.120. The van der Waals surface area contributed by atoms with Crippen molar-refractivity contribution in [2.75, 3.05) is 12.4 Å². The first-order chi connectivity index (χ1) is 11.8. The van der Waals surface area contributed by atoms with Crippen molar-refractivity contribution >= 4 is 17.5 Å². The van der Waals surface area contributed by atoms with Gasteiger partial charge in [0, 0.05) is 24.3 Å². The van der Waals surface area contributed by atoms with Gasteiger partial charge in [0.1, 0.15) is 0 Å². The standard InChI is InChI=1S/C20H31N3O2/c1-4-14-20(2,21)19(25)22-16-12-10-15(11-13-16)18(24)23(3)17-8-6-5-7-9-17/h10-13,17H,4-9,14,21H2,1-3H3,(H,22,25). The first-order valence-electron chi connectivity index (χ1n) is 9.32. The van der Waals surface area contributed by atoms with Crippen LogP contribution >= 0.6 is 0 Å². The average molecular weight is 345 g/mol. The molecule has 25 heavy (non-hydrogen) atoms. The minimum absolute atomic E-state index is 0.0411. The summed E-state index contributed by atoms with van der Waals surface area (Å²) in [4.78, 5) is 26.8. The van der Waals surface area contributed by atoms with E-state index in [1.807, 2.05) is 18.9 Å². The van der Waals surface area contributed by atoms with E-state index in [4.69, 9.17) is 5.73 Å². The third kappa shape index (κ3) is 5.05. The third-order valence-corrected chi connectivity index (χ3v) is 5.12. The topological polar surface area (TPSA) is 75.4 Å². The van der Waals surface area contributed by atoms with Crippen LogP contribution in [-0.2, 0) is 4.79 Å². The number of nitrogens with one attached hydrogen (secondary N) is 1. The van der Waals surface area contributed by atoms with Gasteiger partial charge in [0.15, 0.2) is 0 Å². The van der Waals surface area contributed by atoms with E-state index in [9.17, 15) is 9.59 Å². The highest BCUT2D eigenvalue weighted by Crippen LogP contribution is 2.23. The van der Waals surface area contributed by atoms with Gasteiger partial charge in [0.2, 0.25) is 5.91 Å². The first-order valence-corrected chi connectivity index (χ1v) is 9.32. The molecule has 0 saturated heterocycles. The number of nitrogens with zero attached hydrogens (tertiary/aromatic N) is 1. The molecule has 1 unspecified atom stereocenters. The van der Waals surface area contributed by atoms with Crippen LogP contribution in [0.15, 0.2) is 24.3 Å². The molecule has 138 valence electrons. The monoisotopic (exact) mass is 345 g/mol. The fourth-order valence-corrected chi connectivity index (χ4v) is 3.44. The Morgan fingerprint density at radius 1 is 1.20 bits per heavy atom. The van der Waals surface area contributed by atoms with Crippen LogP contribution in [0.3, 0.4) is 0 Å². The maximum Gasteiger partial charge on any atom is 0.253 e. The van der Waals surface area contributed by atoms with E-state index < -0.39 is 5.54 Å². The molecular weight excluding hydrogens is 314 g/mol. The Morgan fingerprint density at radius 2 is 1.80 bits per heavy atom. The van der Waals surface area contributed by atoms with Crippen molar-refractivity contribution < 1.29 is 9.59 Å². The molecule has 0 spiro atoms. The summed E-state index contributed by atoms with van der Waals surface area (Å²) in [7, 11) is 1.89. The number of hydrogen-bond acceptors (Lipinski definition) is 3. The summed E-state index contributed by atoms with van der Waals surface area (Å²) in [5.74, 6) is -0.160. The lowest BCUT2D eigenvalue weighted by Crippen LogP contribution is -2.48. The lowest BCUT2D eigenvalue weighted by atomic mass is 9.94. The van der Waals surface area contributed by atoms with Gasteiger partial charge in [-0.2, -0.15) is 0 Å². The largest absolute Gasteiger partial charge is 0.339 e. The Hall–Kier alpha value is -1.88. The Balaban J connectivity index is 1.99. The molecule has 0 bridgehead atoms. The number of nitrogens with two attached hydrogens (primary N) is 1. The molecule has 5 heteroatoms. The fourth-order valence-electron chi connectivity index (χ4n) is 3.44. The van der Waals surface area contributed by atoms with Crippen molar-refractivity contribution in [1.82, 2.24) is 4.90 Å². The molecule has 0 heterocycles. The van der Waals surface area contributed by atoms with Gasteiger partial charge in [-0.3, -0.25) is 9.59 Å². The minimum atomic E-state index is -0.884. The molecule has 2 rings (SSSR count). The van der Waals surface area contributed by atoms with Crippen molar-refractivity contribution in [2.24, 2.45) is 5.73 Å². The highest BCUT2D eigenvalue weighted by atomic mass is 16.2. The molecule has 1 aliphatic rings. The zero-order valence-corrected chi connectivity index (χ0v) is 15.7. The number of benzene rings is 1. The Bertz CT molecular complexity index is 589. The first kappa shape index (κ1) is 19.4. The molecule has 1 aliphatic carbocycles. The van der Waals surface area contributed by atoms with Crippen LogP contribution in [-0.4, -0.2) is 35.3 Å². The maximum atomic E-state index is 12.6. The quantitative estimate of drug-likeness (QED) is 0.828. The van der Waals surface area contributed by atoms with Gasteiger partial charge in [-0.25, -0.2) is 0 Å². The summed E-state index contributed by atoms with van der Waals surface area (Å²) in [5, 5.41) is 2.84. The Morgan fingerprint density at radius 3 is 2.36 bits per heavy atom. The van der Waals surface area contributed by atoms with Crippen LogP contribution < -0.4 is 11.1 Å². The summed E-state index contributed by atoms with van der Waals surface area (Å²) >= 11 is 0. The van der Waals surface area contributed by atoms with E-state index in [2.05, 4.69) is 5.32 Å². The molecule has 0 aromatic heterocycles.